The molecule has 2 aromatic rings. The van der Waals surface area contributed by atoms with Crippen LogP contribution in [0.4, 0.5) is 0 Å². The maximum atomic E-state index is 5.60. The fourth-order valence-corrected chi connectivity index (χ4v) is 2.36. The van der Waals surface area contributed by atoms with Crippen molar-refractivity contribution >= 4 is 31.9 Å². The summed E-state index contributed by atoms with van der Waals surface area (Å²) < 4.78 is 14.7. The first-order valence-corrected chi connectivity index (χ1v) is 8.39. The molecule has 1 unspecified atom stereocenters. The zero-order valence-electron chi connectivity index (χ0n) is 11.5. The largest absolute Gasteiger partial charge is 0.353 e. The molecule has 2 aromatic heterocycles. The van der Waals surface area contributed by atoms with E-state index >= 15 is 0 Å². The molecule has 0 amide bonds. The standard InChI is InChI=1S/C10H15BrN2O2.C3H3BrN2/c11-9-4-5-13(12-9)6-8-15-10-3-1-2-7-14-10;4-3-1-2-5-6-3/h4-5,10H,1-3,6-8H2;1-2H,(H,5,6). The zero-order valence-corrected chi connectivity index (χ0v) is 14.7. The smallest absolute Gasteiger partial charge is 0.157 e. The number of H-pyrrole nitrogens is 1. The molecule has 3 heterocycles. The lowest BCUT2D eigenvalue weighted by molar-refractivity contribution is -0.163. The van der Waals surface area contributed by atoms with Gasteiger partial charge >= 0.3 is 0 Å². The Morgan fingerprint density at radius 1 is 1.38 bits per heavy atom. The second-order valence-electron chi connectivity index (χ2n) is 4.47. The van der Waals surface area contributed by atoms with Gasteiger partial charge in [-0.25, -0.2) is 0 Å². The molecule has 0 spiro atoms. The fraction of sp³-hybridized carbons (Fsp3) is 0.538. The van der Waals surface area contributed by atoms with E-state index in [-0.39, 0.29) is 6.29 Å². The zero-order chi connectivity index (χ0) is 14.9. The molecule has 8 heteroatoms. The van der Waals surface area contributed by atoms with Crippen LogP contribution in [0.1, 0.15) is 19.3 Å². The van der Waals surface area contributed by atoms with Gasteiger partial charge in [-0.3, -0.25) is 9.78 Å². The highest BCUT2D eigenvalue weighted by Gasteiger charge is 2.13. The Balaban J connectivity index is 0.000000225. The van der Waals surface area contributed by atoms with Gasteiger partial charge in [0.25, 0.3) is 0 Å². The van der Waals surface area contributed by atoms with E-state index in [1.54, 1.807) is 6.20 Å². The average molecular weight is 422 g/mol. The molecule has 1 aliphatic rings. The minimum Gasteiger partial charge on any atom is -0.353 e. The van der Waals surface area contributed by atoms with Gasteiger partial charge in [-0.05, 0) is 63.3 Å². The molecule has 21 heavy (non-hydrogen) atoms. The maximum absolute atomic E-state index is 5.60. The lowest BCUT2D eigenvalue weighted by Crippen LogP contribution is -2.24. The summed E-state index contributed by atoms with van der Waals surface area (Å²) in [7, 11) is 0. The van der Waals surface area contributed by atoms with E-state index in [1.807, 2.05) is 23.0 Å². The van der Waals surface area contributed by atoms with Crippen molar-refractivity contribution < 1.29 is 9.47 Å². The number of hydrogen-bond donors (Lipinski definition) is 1. The highest BCUT2D eigenvalue weighted by Crippen LogP contribution is 2.13. The Morgan fingerprint density at radius 2 is 2.29 bits per heavy atom. The van der Waals surface area contributed by atoms with Crippen LogP contribution in [0.3, 0.4) is 0 Å². The fourth-order valence-electron chi connectivity index (χ4n) is 1.82. The topological polar surface area (TPSA) is 65.0 Å². The molecule has 0 bridgehead atoms. The van der Waals surface area contributed by atoms with Gasteiger partial charge in [-0.2, -0.15) is 10.2 Å². The van der Waals surface area contributed by atoms with Crippen molar-refractivity contribution in [2.45, 2.75) is 32.1 Å². The first kappa shape index (κ1) is 16.7. The number of ether oxygens (including phenoxy) is 2. The Kier molecular flexibility index (Phi) is 7.42. The van der Waals surface area contributed by atoms with Gasteiger partial charge < -0.3 is 9.47 Å². The van der Waals surface area contributed by atoms with Gasteiger partial charge in [-0.1, -0.05) is 0 Å². The molecule has 1 saturated heterocycles. The van der Waals surface area contributed by atoms with Crippen molar-refractivity contribution in [2.75, 3.05) is 13.2 Å². The summed E-state index contributed by atoms with van der Waals surface area (Å²) in [5.74, 6) is 0. The minimum absolute atomic E-state index is 0.00208. The van der Waals surface area contributed by atoms with Crippen LogP contribution in [0.15, 0.2) is 33.7 Å². The molecular formula is C13H18Br2N4O2. The molecule has 0 aliphatic carbocycles. The van der Waals surface area contributed by atoms with Gasteiger partial charge in [0, 0.05) is 19.0 Å². The highest BCUT2D eigenvalue weighted by atomic mass is 79.9. The molecular weight excluding hydrogens is 404 g/mol. The van der Waals surface area contributed by atoms with Crippen molar-refractivity contribution in [3.05, 3.63) is 33.7 Å². The molecule has 1 N–H and O–H groups in total. The van der Waals surface area contributed by atoms with Gasteiger partial charge in [0.15, 0.2) is 6.29 Å². The van der Waals surface area contributed by atoms with Crippen LogP contribution < -0.4 is 0 Å². The van der Waals surface area contributed by atoms with Crippen LogP contribution >= 0.6 is 31.9 Å². The van der Waals surface area contributed by atoms with E-state index in [1.165, 1.54) is 6.42 Å². The lowest BCUT2D eigenvalue weighted by atomic mass is 10.2. The van der Waals surface area contributed by atoms with Crippen LogP contribution in [0.25, 0.3) is 0 Å². The van der Waals surface area contributed by atoms with Crippen molar-refractivity contribution in [1.82, 2.24) is 20.0 Å². The molecule has 0 radical (unpaired) electrons. The number of hydrogen-bond acceptors (Lipinski definition) is 4. The normalized spacial score (nSPS) is 18.1. The van der Waals surface area contributed by atoms with E-state index in [4.69, 9.17) is 9.47 Å². The van der Waals surface area contributed by atoms with Crippen molar-refractivity contribution in [3.8, 4) is 0 Å². The second-order valence-corrected chi connectivity index (χ2v) is 6.14. The Labute approximate surface area is 140 Å². The van der Waals surface area contributed by atoms with Crippen LogP contribution in [0.2, 0.25) is 0 Å². The maximum Gasteiger partial charge on any atom is 0.157 e. The van der Waals surface area contributed by atoms with Crippen LogP contribution in [-0.2, 0) is 16.0 Å². The van der Waals surface area contributed by atoms with E-state index in [2.05, 4.69) is 47.2 Å². The summed E-state index contributed by atoms with van der Waals surface area (Å²) in [4.78, 5) is 0. The van der Waals surface area contributed by atoms with Crippen molar-refractivity contribution in [1.29, 1.82) is 0 Å². The number of rotatable bonds is 4. The Morgan fingerprint density at radius 3 is 2.81 bits per heavy atom. The molecule has 1 aliphatic heterocycles. The molecule has 3 rings (SSSR count). The van der Waals surface area contributed by atoms with E-state index in [9.17, 15) is 0 Å². The van der Waals surface area contributed by atoms with Gasteiger partial charge in [-0.15, -0.1) is 0 Å². The second kappa shape index (κ2) is 9.34. The molecule has 1 atom stereocenters. The van der Waals surface area contributed by atoms with Gasteiger partial charge in [0.05, 0.1) is 13.2 Å². The summed E-state index contributed by atoms with van der Waals surface area (Å²) in [5, 5.41) is 10.5. The minimum atomic E-state index is -0.00208. The third-order valence-electron chi connectivity index (χ3n) is 2.84. The number of halogens is 2. The summed E-state index contributed by atoms with van der Waals surface area (Å²) >= 11 is 6.47. The monoisotopic (exact) mass is 420 g/mol. The van der Waals surface area contributed by atoms with E-state index in [0.29, 0.717) is 6.61 Å². The predicted molar refractivity (Wildman–Crippen MR) is 85.8 cm³/mol. The first-order chi connectivity index (χ1) is 10.2. The third kappa shape index (κ3) is 6.73. The van der Waals surface area contributed by atoms with Gasteiger partial charge in [0.2, 0.25) is 0 Å². The van der Waals surface area contributed by atoms with Crippen LogP contribution in [-0.4, -0.2) is 39.5 Å². The number of nitrogens with one attached hydrogen (secondary N) is 1. The predicted octanol–water partition coefficient (Wildman–Crippen LogP) is 3.36. The van der Waals surface area contributed by atoms with Crippen molar-refractivity contribution in [2.24, 2.45) is 0 Å². The Hall–Kier alpha value is -0.700. The Bertz CT molecular complexity index is 498. The van der Waals surface area contributed by atoms with Crippen molar-refractivity contribution in [3.63, 3.8) is 0 Å². The average Bonchev–Trinajstić information content (AvgIpc) is 3.12. The third-order valence-corrected chi connectivity index (χ3v) is 3.70. The van der Waals surface area contributed by atoms with Crippen LogP contribution in [0.5, 0.6) is 0 Å². The van der Waals surface area contributed by atoms with E-state index < -0.39 is 0 Å². The first-order valence-electron chi connectivity index (χ1n) is 6.81. The summed E-state index contributed by atoms with van der Waals surface area (Å²) in [5.41, 5.74) is 0. The quantitative estimate of drug-likeness (QED) is 0.821. The highest BCUT2D eigenvalue weighted by molar-refractivity contribution is 9.10. The molecule has 116 valence electrons. The molecule has 6 nitrogen and oxygen atoms in total. The molecule has 0 saturated carbocycles. The number of aromatic nitrogens is 4. The number of aromatic amines is 1. The summed E-state index contributed by atoms with van der Waals surface area (Å²) in [6, 6.07) is 3.75. The summed E-state index contributed by atoms with van der Waals surface area (Å²) in [6.45, 7) is 2.25. The van der Waals surface area contributed by atoms with Crippen LogP contribution in [0, 0.1) is 0 Å². The molecule has 1 fully saturated rings. The molecule has 0 aromatic carbocycles. The van der Waals surface area contributed by atoms with E-state index in [0.717, 1.165) is 35.2 Å². The number of nitrogens with zero attached hydrogens (tertiary/aromatic N) is 3. The summed E-state index contributed by atoms with van der Waals surface area (Å²) in [6.07, 6.45) is 6.99. The van der Waals surface area contributed by atoms with Gasteiger partial charge in [0.1, 0.15) is 9.21 Å². The SMILES string of the molecule is Brc1ccn(CCOC2CCCCO2)n1.Brc1ccn[nH]1. The lowest BCUT2D eigenvalue weighted by Gasteiger charge is -2.22.